The van der Waals surface area contributed by atoms with E-state index in [1.165, 1.54) is 0 Å². The SMILES string of the molecule is [O-]CC1CCCC1[O-].[Rb+].[Rb+]. The molecule has 1 fully saturated rings. The minimum Gasteiger partial charge on any atom is -0.854 e. The molecular formula is C6H10O2Rb2. The first-order valence-corrected chi connectivity index (χ1v) is 3.08. The summed E-state index contributed by atoms with van der Waals surface area (Å²) in [6.07, 6.45) is 2.04. The van der Waals surface area contributed by atoms with E-state index in [1.807, 2.05) is 0 Å². The summed E-state index contributed by atoms with van der Waals surface area (Å²) in [5, 5.41) is 20.8. The van der Waals surface area contributed by atoms with Gasteiger partial charge in [0.05, 0.1) is 0 Å². The molecule has 0 spiro atoms. The second kappa shape index (κ2) is 9.10. The molecule has 2 unspecified atom stereocenters. The predicted octanol–water partition coefficient (Wildman–Crippen LogP) is -7.12. The molecule has 0 aromatic rings. The van der Waals surface area contributed by atoms with Gasteiger partial charge in [0, 0.05) is 0 Å². The first-order chi connectivity index (χ1) is 3.84. The summed E-state index contributed by atoms with van der Waals surface area (Å²) < 4.78 is 0. The fourth-order valence-corrected chi connectivity index (χ4v) is 1.19. The van der Waals surface area contributed by atoms with Gasteiger partial charge in [-0.15, -0.1) is 12.7 Å². The second-order valence-corrected chi connectivity index (χ2v) is 2.40. The molecule has 0 aromatic carbocycles. The smallest absolute Gasteiger partial charge is 0.854 e. The zero-order valence-corrected chi connectivity index (χ0v) is 16.6. The van der Waals surface area contributed by atoms with Crippen molar-refractivity contribution in [1.82, 2.24) is 0 Å². The zero-order chi connectivity index (χ0) is 5.98. The van der Waals surface area contributed by atoms with Gasteiger partial charge in [-0.05, 0) is 0 Å². The molecule has 10 heavy (non-hydrogen) atoms. The average molecular weight is 285 g/mol. The molecule has 0 bridgehead atoms. The van der Waals surface area contributed by atoms with Crippen LogP contribution in [0.5, 0.6) is 0 Å². The summed E-state index contributed by atoms with van der Waals surface area (Å²) in [6, 6.07) is 0. The Morgan fingerprint density at radius 3 is 2.00 bits per heavy atom. The Balaban J connectivity index is 0. The second-order valence-electron chi connectivity index (χ2n) is 2.40. The molecule has 0 saturated heterocycles. The van der Waals surface area contributed by atoms with E-state index < -0.39 is 6.10 Å². The largest absolute Gasteiger partial charge is 1.00 e. The first kappa shape index (κ1) is 16.0. The van der Waals surface area contributed by atoms with Gasteiger partial charge in [0.2, 0.25) is 0 Å². The third kappa shape index (κ3) is 5.30. The van der Waals surface area contributed by atoms with E-state index in [0.29, 0.717) is 0 Å². The minimum absolute atomic E-state index is 0. The molecule has 0 radical (unpaired) electrons. The Morgan fingerprint density at radius 2 is 1.80 bits per heavy atom. The molecule has 0 amide bonds. The maximum absolute atomic E-state index is 10.7. The van der Waals surface area contributed by atoms with Crippen molar-refractivity contribution in [3.8, 4) is 0 Å². The standard InChI is InChI=1S/C6H10O2.2Rb/c7-4-5-2-1-3-6(5)8;;/h5-6H,1-4H2;;/q-2;2*+1. The third-order valence-corrected chi connectivity index (χ3v) is 1.80. The Labute approximate surface area is 160 Å². The number of rotatable bonds is 1. The van der Waals surface area contributed by atoms with Crippen molar-refractivity contribution in [2.24, 2.45) is 5.92 Å². The van der Waals surface area contributed by atoms with Crippen LogP contribution in [0.2, 0.25) is 0 Å². The van der Waals surface area contributed by atoms with Gasteiger partial charge in [0.1, 0.15) is 0 Å². The molecule has 48 valence electrons. The maximum atomic E-state index is 10.7. The van der Waals surface area contributed by atoms with Gasteiger partial charge in [0.15, 0.2) is 0 Å². The van der Waals surface area contributed by atoms with Crippen LogP contribution in [-0.4, -0.2) is 12.7 Å². The van der Waals surface area contributed by atoms with E-state index in [9.17, 15) is 10.2 Å². The zero-order valence-electron chi connectivity index (χ0n) is 6.80. The maximum Gasteiger partial charge on any atom is 1.00 e. The quantitative estimate of drug-likeness (QED) is 0.481. The Morgan fingerprint density at radius 1 is 1.20 bits per heavy atom. The van der Waals surface area contributed by atoms with Crippen LogP contribution in [0.25, 0.3) is 0 Å². The molecule has 4 heteroatoms. The predicted molar refractivity (Wildman–Crippen MR) is 26.0 cm³/mol. The van der Waals surface area contributed by atoms with E-state index in [0.717, 1.165) is 19.3 Å². The van der Waals surface area contributed by atoms with Gasteiger partial charge in [-0.2, -0.15) is 0 Å². The van der Waals surface area contributed by atoms with Gasteiger partial charge in [-0.1, -0.05) is 25.2 Å². The topological polar surface area (TPSA) is 46.1 Å². The van der Waals surface area contributed by atoms with Crippen LogP contribution in [0.1, 0.15) is 19.3 Å². The van der Waals surface area contributed by atoms with Crippen LogP contribution >= 0.6 is 0 Å². The molecule has 1 aliphatic rings. The molecule has 0 aliphatic heterocycles. The molecule has 0 N–H and O–H groups in total. The molecular weight excluding hydrogens is 275 g/mol. The fourth-order valence-electron chi connectivity index (χ4n) is 1.19. The van der Waals surface area contributed by atoms with Crippen LogP contribution < -0.4 is 127 Å². The summed E-state index contributed by atoms with van der Waals surface area (Å²) >= 11 is 0. The van der Waals surface area contributed by atoms with Gasteiger partial charge < -0.3 is 10.2 Å². The minimum atomic E-state index is -0.535. The molecule has 2 atom stereocenters. The molecule has 1 aliphatic carbocycles. The van der Waals surface area contributed by atoms with Crippen molar-refractivity contribution in [1.29, 1.82) is 0 Å². The van der Waals surface area contributed by atoms with Crippen LogP contribution in [0.3, 0.4) is 0 Å². The van der Waals surface area contributed by atoms with Crippen molar-refractivity contribution < 1.29 is 127 Å². The van der Waals surface area contributed by atoms with Crippen LogP contribution in [-0.2, 0) is 0 Å². The van der Waals surface area contributed by atoms with Gasteiger partial charge in [-0.25, -0.2) is 0 Å². The molecule has 0 aromatic heterocycles. The molecule has 1 rings (SSSR count). The van der Waals surface area contributed by atoms with E-state index >= 15 is 0 Å². The first-order valence-electron chi connectivity index (χ1n) is 3.08. The summed E-state index contributed by atoms with van der Waals surface area (Å²) in [4.78, 5) is 0. The summed E-state index contributed by atoms with van der Waals surface area (Å²) in [5.41, 5.74) is 0. The molecule has 0 heterocycles. The molecule has 2 nitrogen and oxygen atoms in total. The van der Waals surface area contributed by atoms with Gasteiger partial charge >= 0.3 is 116 Å². The molecule has 1 saturated carbocycles. The van der Waals surface area contributed by atoms with E-state index in [1.54, 1.807) is 0 Å². The van der Waals surface area contributed by atoms with Crippen LogP contribution in [0.4, 0.5) is 0 Å². The van der Waals surface area contributed by atoms with Crippen molar-refractivity contribution in [3.05, 3.63) is 0 Å². The average Bonchev–Trinajstić information content (AvgIpc) is 2.14. The summed E-state index contributed by atoms with van der Waals surface area (Å²) in [7, 11) is 0. The normalized spacial score (nSPS) is 30.6. The van der Waals surface area contributed by atoms with E-state index in [-0.39, 0.29) is 129 Å². The summed E-state index contributed by atoms with van der Waals surface area (Å²) in [6.45, 7) is -0.159. The van der Waals surface area contributed by atoms with Crippen molar-refractivity contribution >= 4 is 0 Å². The fraction of sp³-hybridized carbons (Fsp3) is 1.00. The Hall–Kier alpha value is 3.53. The van der Waals surface area contributed by atoms with Crippen LogP contribution in [0, 0.1) is 5.92 Å². The van der Waals surface area contributed by atoms with Gasteiger partial charge in [-0.3, -0.25) is 0 Å². The van der Waals surface area contributed by atoms with Crippen molar-refractivity contribution in [3.63, 3.8) is 0 Å². The Bertz CT molecular complexity index is 80.1. The van der Waals surface area contributed by atoms with E-state index in [4.69, 9.17) is 0 Å². The van der Waals surface area contributed by atoms with Crippen molar-refractivity contribution in [2.45, 2.75) is 25.4 Å². The number of hydrogen-bond donors (Lipinski definition) is 0. The monoisotopic (exact) mass is 284 g/mol. The third-order valence-electron chi connectivity index (χ3n) is 1.80. The van der Waals surface area contributed by atoms with Gasteiger partial charge in [0.25, 0.3) is 0 Å². The van der Waals surface area contributed by atoms with Crippen LogP contribution in [0.15, 0.2) is 0 Å². The van der Waals surface area contributed by atoms with Crippen molar-refractivity contribution in [2.75, 3.05) is 6.61 Å². The Kier molecular flexibility index (Phi) is 14.5. The van der Waals surface area contributed by atoms with E-state index in [2.05, 4.69) is 0 Å². The number of hydrogen-bond acceptors (Lipinski definition) is 2. The summed E-state index contributed by atoms with van der Waals surface area (Å²) in [5.74, 6) is -0.0463.